The molecule has 0 saturated heterocycles. The number of H-pyrrole nitrogens is 1. The van der Waals surface area contributed by atoms with E-state index in [4.69, 9.17) is 5.11 Å². The highest BCUT2D eigenvalue weighted by molar-refractivity contribution is 7.12. The first-order chi connectivity index (χ1) is 8.81. The number of aromatic nitrogens is 2. The molecular formula is C12H11N3O2S. The Morgan fingerprint density at radius 1 is 1.61 bits per heavy atom. The molecule has 1 amide bonds. The first kappa shape index (κ1) is 12.4. The van der Waals surface area contributed by atoms with Gasteiger partial charge in [-0.3, -0.25) is 4.79 Å². The minimum absolute atomic E-state index is 0.179. The number of rotatable bonds is 3. The van der Waals surface area contributed by atoms with Gasteiger partial charge in [0.15, 0.2) is 0 Å². The van der Waals surface area contributed by atoms with Crippen LogP contribution in [0.1, 0.15) is 20.9 Å². The average Bonchev–Trinajstić information content (AvgIpc) is 3.04. The number of hydrogen-bond donors (Lipinski definition) is 3. The van der Waals surface area contributed by atoms with Gasteiger partial charge in [-0.2, -0.15) is 0 Å². The van der Waals surface area contributed by atoms with Crippen molar-refractivity contribution in [1.82, 2.24) is 15.3 Å². The molecule has 5 nitrogen and oxygen atoms in total. The number of nitrogens with one attached hydrogen (secondary N) is 2. The molecule has 0 aliphatic heterocycles. The maximum absolute atomic E-state index is 11.9. The summed E-state index contributed by atoms with van der Waals surface area (Å²) in [5.41, 5.74) is 1.47. The maximum atomic E-state index is 11.9. The van der Waals surface area contributed by atoms with Crippen molar-refractivity contribution in [1.29, 1.82) is 0 Å². The molecule has 0 radical (unpaired) electrons. The zero-order valence-corrected chi connectivity index (χ0v) is 10.3. The third kappa shape index (κ3) is 2.97. The van der Waals surface area contributed by atoms with Crippen LogP contribution in [0.3, 0.4) is 0 Å². The predicted molar refractivity (Wildman–Crippen MR) is 68.0 cm³/mol. The average molecular weight is 261 g/mol. The van der Waals surface area contributed by atoms with Crippen LogP contribution in [0.5, 0.6) is 0 Å². The largest absolute Gasteiger partial charge is 0.384 e. The Kier molecular flexibility index (Phi) is 4.12. The van der Waals surface area contributed by atoms with Crippen LogP contribution < -0.4 is 5.32 Å². The molecule has 0 saturated carbocycles. The van der Waals surface area contributed by atoms with Gasteiger partial charge in [0.25, 0.3) is 5.91 Å². The number of aliphatic hydroxyl groups is 1. The summed E-state index contributed by atoms with van der Waals surface area (Å²) in [7, 11) is 0. The van der Waals surface area contributed by atoms with E-state index in [1.165, 1.54) is 11.3 Å². The van der Waals surface area contributed by atoms with E-state index in [9.17, 15) is 4.79 Å². The summed E-state index contributed by atoms with van der Waals surface area (Å²) in [5.74, 6) is 5.10. The lowest BCUT2D eigenvalue weighted by Crippen LogP contribution is -2.22. The van der Waals surface area contributed by atoms with Crippen LogP contribution in [0.15, 0.2) is 24.0 Å². The van der Waals surface area contributed by atoms with Gasteiger partial charge in [-0.25, -0.2) is 4.98 Å². The molecule has 18 heavy (non-hydrogen) atoms. The summed E-state index contributed by atoms with van der Waals surface area (Å²) in [6.45, 7) is 0.175. The number of aromatic amines is 1. The van der Waals surface area contributed by atoms with Gasteiger partial charge < -0.3 is 15.4 Å². The van der Waals surface area contributed by atoms with Crippen LogP contribution in [-0.2, 0) is 6.54 Å². The summed E-state index contributed by atoms with van der Waals surface area (Å²) in [5, 5.41) is 13.2. The van der Waals surface area contributed by atoms with Crippen LogP contribution in [0.4, 0.5) is 0 Å². The second-order valence-electron chi connectivity index (χ2n) is 3.38. The van der Waals surface area contributed by atoms with Crippen LogP contribution in [-0.4, -0.2) is 27.6 Å². The van der Waals surface area contributed by atoms with E-state index in [1.54, 1.807) is 24.0 Å². The van der Waals surface area contributed by atoms with Crippen molar-refractivity contribution in [2.24, 2.45) is 0 Å². The molecule has 0 spiro atoms. The van der Waals surface area contributed by atoms with Gasteiger partial charge in [-0.05, 0) is 11.4 Å². The Balaban J connectivity index is 2.02. The first-order valence-corrected chi connectivity index (χ1v) is 6.12. The normalized spacial score (nSPS) is 9.61. The van der Waals surface area contributed by atoms with Gasteiger partial charge in [-0.15, -0.1) is 11.3 Å². The number of aliphatic hydroxyl groups excluding tert-OH is 1. The number of amides is 1. The highest BCUT2D eigenvalue weighted by Crippen LogP contribution is 2.15. The Morgan fingerprint density at radius 2 is 2.50 bits per heavy atom. The van der Waals surface area contributed by atoms with E-state index in [1.807, 2.05) is 0 Å². The van der Waals surface area contributed by atoms with E-state index in [0.29, 0.717) is 17.0 Å². The lowest BCUT2D eigenvalue weighted by atomic mass is 10.2. The number of hydrogen-bond acceptors (Lipinski definition) is 4. The van der Waals surface area contributed by atoms with Gasteiger partial charge in [0.2, 0.25) is 0 Å². The third-order valence-electron chi connectivity index (χ3n) is 2.17. The molecule has 0 aromatic carbocycles. The van der Waals surface area contributed by atoms with E-state index in [2.05, 4.69) is 27.1 Å². The number of imidazole rings is 1. The molecule has 0 aliphatic rings. The minimum Gasteiger partial charge on any atom is -0.384 e. The van der Waals surface area contributed by atoms with Crippen molar-refractivity contribution >= 4 is 17.2 Å². The van der Waals surface area contributed by atoms with Crippen LogP contribution >= 0.6 is 11.3 Å². The molecule has 2 rings (SSSR count). The highest BCUT2D eigenvalue weighted by atomic mass is 32.1. The van der Waals surface area contributed by atoms with E-state index < -0.39 is 0 Å². The topological polar surface area (TPSA) is 78.0 Å². The Labute approximate surface area is 108 Å². The number of nitrogens with zero attached hydrogens (tertiary/aromatic N) is 1. The molecule has 6 heteroatoms. The Morgan fingerprint density at radius 3 is 3.22 bits per heavy atom. The predicted octanol–water partition coefficient (Wildman–Crippen LogP) is 0.745. The van der Waals surface area contributed by atoms with Crippen molar-refractivity contribution in [3.05, 3.63) is 40.1 Å². The second kappa shape index (κ2) is 6.00. The van der Waals surface area contributed by atoms with Crippen molar-refractivity contribution < 1.29 is 9.90 Å². The second-order valence-corrected chi connectivity index (χ2v) is 4.30. The van der Waals surface area contributed by atoms with Gasteiger partial charge in [0, 0.05) is 11.8 Å². The van der Waals surface area contributed by atoms with E-state index >= 15 is 0 Å². The molecule has 3 N–H and O–H groups in total. The van der Waals surface area contributed by atoms with Crippen LogP contribution in [0.25, 0.3) is 0 Å². The molecule has 0 unspecified atom stereocenters. The minimum atomic E-state index is -0.217. The van der Waals surface area contributed by atoms with Crippen LogP contribution in [0.2, 0.25) is 0 Å². The molecule has 2 heterocycles. The van der Waals surface area contributed by atoms with Gasteiger partial charge in [0.1, 0.15) is 11.5 Å². The molecule has 92 valence electrons. The zero-order valence-electron chi connectivity index (χ0n) is 9.43. The summed E-state index contributed by atoms with van der Waals surface area (Å²) < 4.78 is 0. The van der Waals surface area contributed by atoms with Crippen molar-refractivity contribution in [3.63, 3.8) is 0 Å². The zero-order chi connectivity index (χ0) is 12.8. The quantitative estimate of drug-likeness (QED) is 0.713. The van der Waals surface area contributed by atoms with Crippen molar-refractivity contribution in [3.8, 4) is 11.8 Å². The smallest absolute Gasteiger partial charge is 0.262 e. The fourth-order valence-electron chi connectivity index (χ4n) is 1.36. The Hall–Kier alpha value is -2.10. The number of thiophene rings is 1. The molecule has 0 fully saturated rings. The molecule has 0 bridgehead atoms. The molecule has 2 aromatic rings. The number of carbonyl (C=O) groups is 1. The first-order valence-electron chi connectivity index (χ1n) is 5.24. The third-order valence-corrected chi connectivity index (χ3v) is 3.08. The van der Waals surface area contributed by atoms with Crippen molar-refractivity contribution in [2.45, 2.75) is 6.54 Å². The van der Waals surface area contributed by atoms with E-state index in [-0.39, 0.29) is 12.5 Å². The summed E-state index contributed by atoms with van der Waals surface area (Å²) >= 11 is 1.32. The van der Waals surface area contributed by atoms with Crippen LogP contribution in [0, 0.1) is 11.8 Å². The highest BCUT2D eigenvalue weighted by Gasteiger charge is 2.11. The Bertz CT molecular complexity index is 578. The summed E-state index contributed by atoms with van der Waals surface area (Å²) in [6.07, 6.45) is 3.21. The van der Waals surface area contributed by atoms with Gasteiger partial charge in [0.05, 0.1) is 18.6 Å². The fraction of sp³-hybridized carbons (Fsp3) is 0.167. The molecule has 0 aliphatic carbocycles. The summed E-state index contributed by atoms with van der Waals surface area (Å²) in [6, 6.07) is 1.76. The maximum Gasteiger partial charge on any atom is 0.262 e. The molecule has 2 aromatic heterocycles. The SMILES string of the molecule is O=C(NCc1cnc[nH]1)c1sccc1C#CCO. The van der Waals surface area contributed by atoms with Gasteiger partial charge >= 0.3 is 0 Å². The lowest BCUT2D eigenvalue weighted by molar-refractivity contribution is 0.0954. The summed E-state index contributed by atoms with van der Waals surface area (Å²) in [4.78, 5) is 19.2. The molecular weight excluding hydrogens is 250 g/mol. The molecule has 0 atom stereocenters. The lowest BCUT2D eigenvalue weighted by Gasteiger charge is -2.01. The van der Waals surface area contributed by atoms with Crippen molar-refractivity contribution in [2.75, 3.05) is 6.61 Å². The standard InChI is InChI=1S/C12H11N3O2S/c16-4-1-2-9-3-5-18-11(9)12(17)14-7-10-6-13-8-15-10/h3,5-6,8,16H,4,7H2,(H,13,15)(H,14,17). The van der Waals surface area contributed by atoms with E-state index in [0.717, 1.165) is 5.69 Å². The fourth-order valence-corrected chi connectivity index (χ4v) is 2.12. The van der Waals surface area contributed by atoms with Gasteiger partial charge in [-0.1, -0.05) is 11.8 Å². The number of carbonyl (C=O) groups excluding carboxylic acids is 1. The monoisotopic (exact) mass is 261 g/mol.